The number of halogens is 1. The van der Waals surface area contributed by atoms with E-state index in [9.17, 15) is 14.0 Å². The average Bonchev–Trinajstić information content (AvgIpc) is 3.15. The molecular weight excluding hydrogens is 457 g/mol. The first kappa shape index (κ1) is 25.0. The molecule has 0 radical (unpaired) electrons. The highest BCUT2D eigenvalue weighted by atomic mass is 19.1. The van der Waals surface area contributed by atoms with E-state index in [4.69, 9.17) is 0 Å². The van der Waals surface area contributed by atoms with Gasteiger partial charge >= 0.3 is 0 Å². The van der Waals surface area contributed by atoms with Crippen LogP contribution in [-0.2, 0) is 4.79 Å². The first-order valence-corrected chi connectivity index (χ1v) is 12.0. The van der Waals surface area contributed by atoms with Gasteiger partial charge in [0.05, 0.1) is 5.69 Å². The van der Waals surface area contributed by atoms with Crippen LogP contribution < -0.4 is 4.90 Å². The molecule has 0 aliphatic carbocycles. The van der Waals surface area contributed by atoms with Crippen LogP contribution in [0.1, 0.15) is 22.3 Å². The van der Waals surface area contributed by atoms with Crippen molar-refractivity contribution in [1.82, 2.24) is 20.0 Å². The first-order chi connectivity index (χ1) is 17.4. The zero-order valence-electron chi connectivity index (χ0n) is 20.4. The van der Waals surface area contributed by atoms with Crippen molar-refractivity contribution in [1.29, 1.82) is 0 Å². The van der Waals surface area contributed by atoms with Crippen molar-refractivity contribution >= 4 is 17.6 Å². The van der Waals surface area contributed by atoms with Gasteiger partial charge in [0, 0.05) is 43.9 Å². The van der Waals surface area contributed by atoms with Crippen LogP contribution in [0.3, 0.4) is 0 Å². The standard InChI is InChI=1S/C28H30FN5O2/c1-3-14-34(28(36)23-6-4-7-24(29)19-23)20-27(35)33-16-5-15-32(17-18-33)26-13-12-25(30-31-26)22-10-8-21(2)9-11-22/h3-4,6-13,19H,1,5,14-18,20H2,2H3. The fourth-order valence-electron chi connectivity index (χ4n) is 4.21. The van der Waals surface area contributed by atoms with Crippen LogP contribution in [-0.4, -0.2) is 71.1 Å². The molecular formula is C28H30FN5O2. The lowest BCUT2D eigenvalue weighted by molar-refractivity contribution is -0.131. The minimum absolute atomic E-state index is 0.0909. The normalized spacial score (nSPS) is 13.7. The quantitative estimate of drug-likeness (QED) is 0.472. The Hall–Kier alpha value is -4.07. The van der Waals surface area contributed by atoms with Gasteiger partial charge in [-0.2, -0.15) is 0 Å². The Balaban J connectivity index is 1.37. The zero-order valence-corrected chi connectivity index (χ0v) is 20.4. The molecule has 0 bridgehead atoms. The van der Waals surface area contributed by atoms with Gasteiger partial charge in [-0.3, -0.25) is 9.59 Å². The van der Waals surface area contributed by atoms with E-state index in [-0.39, 0.29) is 24.6 Å². The smallest absolute Gasteiger partial charge is 0.254 e. The number of hydrogen-bond donors (Lipinski definition) is 0. The Morgan fingerprint density at radius 2 is 1.83 bits per heavy atom. The zero-order chi connectivity index (χ0) is 25.5. The van der Waals surface area contributed by atoms with Crippen LogP contribution in [0.15, 0.2) is 73.3 Å². The molecule has 2 amide bonds. The third-order valence-corrected chi connectivity index (χ3v) is 6.20. The SMILES string of the molecule is C=CCN(CC(=O)N1CCCN(c2ccc(-c3ccc(C)cc3)nn2)CC1)C(=O)c1cccc(F)c1. The average molecular weight is 488 g/mol. The van der Waals surface area contributed by atoms with Crippen molar-refractivity contribution in [2.75, 3.05) is 44.2 Å². The van der Waals surface area contributed by atoms with Crippen molar-refractivity contribution in [3.8, 4) is 11.3 Å². The van der Waals surface area contributed by atoms with Gasteiger partial charge in [0.25, 0.3) is 5.91 Å². The molecule has 4 rings (SSSR count). The Bertz CT molecular complexity index is 1210. The van der Waals surface area contributed by atoms with Crippen molar-refractivity contribution in [3.63, 3.8) is 0 Å². The number of amides is 2. The number of carbonyl (C=O) groups is 2. The summed E-state index contributed by atoms with van der Waals surface area (Å²) in [7, 11) is 0. The predicted molar refractivity (Wildman–Crippen MR) is 138 cm³/mol. The fourth-order valence-corrected chi connectivity index (χ4v) is 4.21. The van der Waals surface area contributed by atoms with Crippen LogP contribution in [0.5, 0.6) is 0 Å². The molecule has 1 aromatic heterocycles. The van der Waals surface area contributed by atoms with Crippen LogP contribution in [0.2, 0.25) is 0 Å². The largest absolute Gasteiger partial charge is 0.353 e. The van der Waals surface area contributed by atoms with E-state index in [0.29, 0.717) is 19.6 Å². The predicted octanol–water partition coefficient (Wildman–Crippen LogP) is 3.96. The van der Waals surface area contributed by atoms with Crippen molar-refractivity contribution in [2.45, 2.75) is 13.3 Å². The minimum Gasteiger partial charge on any atom is -0.353 e. The van der Waals surface area contributed by atoms with Gasteiger partial charge in [0.15, 0.2) is 5.82 Å². The summed E-state index contributed by atoms with van der Waals surface area (Å²) in [6.07, 6.45) is 2.33. The Kier molecular flexibility index (Phi) is 8.05. The van der Waals surface area contributed by atoms with Crippen LogP contribution in [0.4, 0.5) is 10.2 Å². The van der Waals surface area contributed by atoms with Gasteiger partial charge in [-0.05, 0) is 43.7 Å². The van der Waals surface area contributed by atoms with Gasteiger partial charge in [0.1, 0.15) is 12.4 Å². The number of aromatic nitrogens is 2. The lowest BCUT2D eigenvalue weighted by Crippen LogP contribution is -2.44. The molecule has 7 nitrogen and oxygen atoms in total. The molecule has 3 aromatic rings. The fraction of sp³-hybridized carbons (Fsp3) is 0.286. The maximum atomic E-state index is 13.6. The minimum atomic E-state index is -0.492. The van der Waals surface area contributed by atoms with E-state index in [1.54, 1.807) is 17.0 Å². The lowest BCUT2D eigenvalue weighted by Gasteiger charge is -2.26. The molecule has 1 fully saturated rings. The molecule has 0 N–H and O–H groups in total. The summed E-state index contributed by atoms with van der Waals surface area (Å²) in [4.78, 5) is 31.2. The molecule has 2 heterocycles. The number of benzene rings is 2. The highest BCUT2D eigenvalue weighted by Gasteiger charge is 2.24. The molecule has 0 saturated carbocycles. The summed E-state index contributed by atoms with van der Waals surface area (Å²) < 4.78 is 13.6. The van der Waals surface area contributed by atoms with E-state index < -0.39 is 11.7 Å². The van der Waals surface area contributed by atoms with E-state index >= 15 is 0 Å². The first-order valence-electron chi connectivity index (χ1n) is 12.0. The molecule has 8 heteroatoms. The summed E-state index contributed by atoms with van der Waals surface area (Å²) in [6, 6.07) is 17.6. The highest BCUT2D eigenvalue weighted by molar-refractivity contribution is 5.96. The highest BCUT2D eigenvalue weighted by Crippen LogP contribution is 2.20. The topological polar surface area (TPSA) is 69.6 Å². The van der Waals surface area contributed by atoms with Gasteiger partial charge < -0.3 is 14.7 Å². The number of hydrogen-bond acceptors (Lipinski definition) is 5. The molecule has 186 valence electrons. The Morgan fingerprint density at radius 1 is 1.03 bits per heavy atom. The summed E-state index contributed by atoms with van der Waals surface area (Å²) in [6.45, 7) is 8.30. The molecule has 2 aromatic carbocycles. The summed E-state index contributed by atoms with van der Waals surface area (Å²) in [5.41, 5.74) is 3.23. The van der Waals surface area contributed by atoms with Gasteiger partial charge in [-0.25, -0.2) is 4.39 Å². The van der Waals surface area contributed by atoms with Crippen molar-refractivity contribution < 1.29 is 14.0 Å². The maximum absolute atomic E-state index is 13.6. The molecule has 0 spiro atoms. The van der Waals surface area contributed by atoms with Gasteiger partial charge in [-0.1, -0.05) is 42.0 Å². The monoisotopic (exact) mass is 487 g/mol. The second-order valence-electron chi connectivity index (χ2n) is 8.85. The number of carbonyl (C=O) groups excluding carboxylic acids is 2. The van der Waals surface area contributed by atoms with E-state index in [2.05, 4.69) is 21.7 Å². The molecule has 36 heavy (non-hydrogen) atoms. The number of rotatable bonds is 7. The summed E-state index contributed by atoms with van der Waals surface area (Å²) >= 11 is 0. The van der Waals surface area contributed by atoms with Crippen molar-refractivity contribution in [2.24, 2.45) is 0 Å². The third-order valence-electron chi connectivity index (χ3n) is 6.20. The lowest BCUT2D eigenvalue weighted by atomic mass is 10.1. The second-order valence-corrected chi connectivity index (χ2v) is 8.85. The van der Waals surface area contributed by atoms with Crippen LogP contribution in [0.25, 0.3) is 11.3 Å². The van der Waals surface area contributed by atoms with Crippen LogP contribution >= 0.6 is 0 Å². The van der Waals surface area contributed by atoms with Gasteiger partial charge in [0.2, 0.25) is 5.91 Å². The maximum Gasteiger partial charge on any atom is 0.254 e. The molecule has 1 saturated heterocycles. The van der Waals surface area contributed by atoms with Crippen molar-refractivity contribution in [3.05, 3.63) is 90.3 Å². The third kappa shape index (κ3) is 6.13. The van der Waals surface area contributed by atoms with Crippen LogP contribution in [0, 0.1) is 12.7 Å². The Labute approximate surface area is 210 Å². The molecule has 0 atom stereocenters. The summed E-state index contributed by atoms with van der Waals surface area (Å²) in [5.74, 6) is -0.268. The van der Waals surface area contributed by atoms with Gasteiger partial charge in [-0.15, -0.1) is 16.8 Å². The molecule has 0 unspecified atom stereocenters. The van der Waals surface area contributed by atoms with E-state index in [1.807, 2.05) is 43.3 Å². The molecule has 1 aliphatic rings. The second kappa shape index (κ2) is 11.6. The number of nitrogens with zero attached hydrogens (tertiary/aromatic N) is 5. The molecule has 1 aliphatic heterocycles. The summed E-state index contributed by atoms with van der Waals surface area (Å²) in [5, 5.41) is 8.83. The van der Waals surface area contributed by atoms with E-state index in [0.717, 1.165) is 30.0 Å². The number of aryl methyl sites for hydroxylation is 1. The van der Waals surface area contributed by atoms with E-state index in [1.165, 1.54) is 28.7 Å². The number of anilines is 1. The Morgan fingerprint density at radius 3 is 2.53 bits per heavy atom.